The number of aromatic nitrogens is 2. The van der Waals surface area contributed by atoms with E-state index in [0.29, 0.717) is 24.9 Å². The first-order valence-electron chi connectivity index (χ1n) is 6.10. The fraction of sp³-hybridized carbons (Fsp3) is 0.583. The normalized spacial score (nSPS) is 22.1. The van der Waals surface area contributed by atoms with Gasteiger partial charge in [0, 0.05) is 32.4 Å². The third kappa shape index (κ3) is 3.59. The molecule has 0 saturated carbocycles. The Morgan fingerprint density at radius 1 is 1.70 bits per heavy atom. The molecule has 0 aromatic carbocycles. The predicted octanol–water partition coefficient (Wildman–Crippen LogP) is 0.226. The summed E-state index contributed by atoms with van der Waals surface area (Å²) in [6.07, 6.45) is 2.36. The number of carbonyl (C=O) groups is 1. The molecule has 1 saturated heterocycles. The zero-order valence-electron chi connectivity index (χ0n) is 11.1. The molecule has 20 heavy (non-hydrogen) atoms. The number of nitrogens with zero attached hydrogens (tertiary/aromatic N) is 2. The van der Waals surface area contributed by atoms with Gasteiger partial charge in [0.15, 0.2) is 5.16 Å². The summed E-state index contributed by atoms with van der Waals surface area (Å²) in [5, 5.41) is 9.11. The molecule has 1 aliphatic heterocycles. The molecule has 1 aromatic heterocycles. The summed E-state index contributed by atoms with van der Waals surface area (Å²) in [5.74, 6) is -1.10. The van der Waals surface area contributed by atoms with Gasteiger partial charge >= 0.3 is 5.97 Å². The molecule has 2 heterocycles. The summed E-state index contributed by atoms with van der Waals surface area (Å²) >= 11 is 1.02. The van der Waals surface area contributed by atoms with Gasteiger partial charge in [0.1, 0.15) is 5.60 Å². The molecule has 0 spiro atoms. The molecule has 110 valence electrons. The Kier molecular flexibility index (Phi) is 4.79. The van der Waals surface area contributed by atoms with Gasteiger partial charge in [-0.3, -0.25) is 9.59 Å². The summed E-state index contributed by atoms with van der Waals surface area (Å²) < 4.78 is 12.6. The van der Waals surface area contributed by atoms with E-state index in [1.54, 1.807) is 17.9 Å². The third-order valence-corrected chi connectivity index (χ3v) is 4.11. The summed E-state index contributed by atoms with van der Waals surface area (Å²) in [5.41, 5.74) is -0.835. The fourth-order valence-corrected chi connectivity index (χ4v) is 2.72. The molecule has 1 unspecified atom stereocenters. The van der Waals surface area contributed by atoms with Gasteiger partial charge in [-0.2, -0.15) is 4.98 Å². The zero-order valence-corrected chi connectivity index (χ0v) is 11.9. The number of methoxy groups -OCH3 is 1. The average molecular weight is 300 g/mol. The van der Waals surface area contributed by atoms with Gasteiger partial charge in [0.05, 0.1) is 18.9 Å². The second-order valence-corrected chi connectivity index (χ2v) is 5.49. The van der Waals surface area contributed by atoms with Crippen molar-refractivity contribution in [1.82, 2.24) is 9.55 Å². The smallest absolute Gasteiger partial charge is 0.313 e. The van der Waals surface area contributed by atoms with E-state index in [1.165, 1.54) is 6.07 Å². The number of rotatable bonds is 6. The Morgan fingerprint density at radius 2 is 2.50 bits per heavy atom. The van der Waals surface area contributed by atoms with E-state index in [1.807, 2.05) is 0 Å². The Hall–Kier alpha value is -1.38. The van der Waals surface area contributed by atoms with Crippen LogP contribution in [-0.2, 0) is 20.8 Å². The van der Waals surface area contributed by atoms with Gasteiger partial charge in [0.25, 0.3) is 5.56 Å². The van der Waals surface area contributed by atoms with Crippen molar-refractivity contribution in [2.75, 3.05) is 26.1 Å². The van der Waals surface area contributed by atoms with Crippen molar-refractivity contribution in [2.24, 2.45) is 0 Å². The Balaban J connectivity index is 2.21. The molecule has 0 radical (unpaired) electrons. The lowest BCUT2D eigenvalue weighted by Gasteiger charge is -2.27. The highest BCUT2D eigenvalue weighted by Gasteiger charge is 2.35. The fourth-order valence-electron chi connectivity index (χ4n) is 2.02. The van der Waals surface area contributed by atoms with Gasteiger partial charge in [-0.1, -0.05) is 11.8 Å². The molecule has 2 rings (SSSR count). The lowest BCUT2D eigenvalue weighted by Crippen LogP contribution is -2.38. The second-order valence-electron chi connectivity index (χ2n) is 4.55. The van der Waals surface area contributed by atoms with Crippen molar-refractivity contribution >= 4 is 17.7 Å². The van der Waals surface area contributed by atoms with Crippen LogP contribution in [0.25, 0.3) is 0 Å². The maximum absolute atomic E-state index is 11.3. The largest absolute Gasteiger partial charge is 0.481 e. The highest BCUT2D eigenvalue weighted by atomic mass is 32.2. The minimum Gasteiger partial charge on any atom is -0.481 e. The van der Waals surface area contributed by atoms with Gasteiger partial charge in [-0.15, -0.1) is 0 Å². The molecular weight excluding hydrogens is 284 g/mol. The number of carboxylic acids is 1. The quantitative estimate of drug-likeness (QED) is 0.594. The van der Waals surface area contributed by atoms with Gasteiger partial charge in [0.2, 0.25) is 0 Å². The lowest BCUT2D eigenvalue weighted by atomic mass is 10.0. The maximum Gasteiger partial charge on any atom is 0.313 e. The monoisotopic (exact) mass is 300 g/mol. The first-order valence-corrected chi connectivity index (χ1v) is 7.08. The molecule has 1 aromatic rings. The summed E-state index contributed by atoms with van der Waals surface area (Å²) in [4.78, 5) is 25.8. The van der Waals surface area contributed by atoms with E-state index in [4.69, 9.17) is 14.6 Å². The molecule has 1 aliphatic rings. The van der Waals surface area contributed by atoms with Crippen molar-refractivity contribution in [1.29, 1.82) is 0 Å². The van der Waals surface area contributed by atoms with Crippen LogP contribution < -0.4 is 5.56 Å². The number of ether oxygens (including phenoxy) is 2. The Labute approximate surface area is 119 Å². The molecule has 7 nitrogen and oxygen atoms in total. The molecule has 0 bridgehead atoms. The van der Waals surface area contributed by atoms with Crippen molar-refractivity contribution in [2.45, 2.75) is 23.7 Å². The Bertz CT molecular complexity index is 539. The van der Waals surface area contributed by atoms with Crippen LogP contribution in [0.2, 0.25) is 0 Å². The number of hydrogen-bond acceptors (Lipinski definition) is 6. The van der Waals surface area contributed by atoms with E-state index in [2.05, 4.69) is 4.98 Å². The van der Waals surface area contributed by atoms with Crippen molar-refractivity contribution in [3.05, 3.63) is 22.6 Å². The average Bonchev–Trinajstić information content (AvgIpc) is 2.88. The van der Waals surface area contributed by atoms with Crippen LogP contribution in [0.15, 0.2) is 22.2 Å². The SMILES string of the molecule is COC1(Cn2ccc(=O)nc2SCC(=O)O)CCOC1. The predicted molar refractivity (Wildman–Crippen MR) is 72.0 cm³/mol. The summed E-state index contributed by atoms with van der Waals surface area (Å²) in [6, 6.07) is 1.35. The van der Waals surface area contributed by atoms with Crippen molar-refractivity contribution in [3.8, 4) is 0 Å². The van der Waals surface area contributed by atoms with Crippen LogP contribution in [0, 0.1) is 0 Å². The maximum atomic E-state index is 11.3. The minimum absolute atomic E-state index is 0.146. The van der Waals surface area contributed by atoms with E-state index in [-0.39, 0.29) is 11.3 Å². The lowest BCUT2D eigenvalue weighted by molar-refractivity contribution is -0.133. The van der Waals surface area contributed by atoms with Gasteiger partial charge in [-0.05, 0) is 0 Å². The van der Waals surface area contributed by atoms with E-state index < -0.39 is 11.6 Å². The van der Waals surface area contributed by atoms with Crippen LogP contribution in [-0.4, -0.2) is 52.3 Å². The minimum atomic E-state index is -0.953. The third-order valence-electron chi connectivity index (χ3n) is 3.13. The van der Waals surface area contributed by atoms with Crippen LogP contribution in [0.1, 0.15) is 6.42 Å². The standard InChI is InChI=1S/C12H16N2O5S/c1-18-12(3-5-19-8-12)7-14-4-2-9(15)13-11(14)20-6-10(16)17/h2,4H,3,5-8H2,1H3,(H,16,17). The van der Waals surface area contributed by atoms with Crippen LogP contribution >= 0.6 is 11.8 Å². The van der Waals surface area contributed by atoms with Gasteiger partial charge in [-0.25, -0.2) is 0 Å². The summed E-state index contributed by atoms with van der Waals surface area (Å²) in [6.45, 7) is 1.57. The van der Waals surface area contributed by atoms with Crippen LogP contribution in [0.4, 0.5) is 0 Å². The van der Waals surface area contributed by atoms with Crippen LogP contribution in [0.5, 0.6) is 0 Å². The Morgan fingerprint density at radius 3 is 3.10 bits per heavy atom. The highest BCUT2D eigenvalue weighted by molar-refractivity contribution is 7.99. The van der Waals surface area contributed by atoms with E-state index >= 15 is 0 Å². The summed E-state index contributed by atoms with van der Waals surface area (Å²) in [7, 11) is 1.62. The number of carboxylic acid groups (broad SMARTS) is 1. The highest BCUT2D eigenvalue weighted by Crippen LogP contribution is 2.26. The van der Waals surface area contributed by atoms with Crippen molar-refractivity contribution in [3.63, 3.8) is 0 Å². The molecular formula is C12H16N2O5S. The topological polar surface area (TPSA) is 90.7 Å². The second kappa shape index (κ2) is 6.38. The molecule has 8 heteroatoms. The van der Waals surface area contributed by atoms with E-state index in [0.717, 1.165) is 18.2 Å². The number of aliphatic carboxylic acids is 1. The number of thioether (sulfide) groups is 1. The number of hydrogen-bond donors (Lipinski definition) is 1. The molecule has 0 amide bonds. The molecule has 0 aliphatic carbocycles. The van der Waals surface area contributed by atoms with Gasteiger partial charge < -0.3 is 19.1 Å². The first-order chi connectivity index (χ1) is 9.54. The van der Waals surface area contributed by atoms with Crippen molar-refractivity contribution < 1.29 is 19.4 Å². The molecule has 1 atom stereocenters. The molecule has 1 N–H and O–H groups in total. The molecule has 1 fully saturated rings. The van der Waals surface area contributed by atoms with Crippen LogP contribution in [0.3, 0.4) is 0 Å². The van der Waals surface area contributed by atoms with E-state index in [9.17, 15) is 9.59 Å². The zero-order chi connectivity index (χ0) is 14.6. The first kappa shape index (κ1) is 15.0.